The lowest BCUT2D eigenvalue weighted by Gasteiger charge is -2.19. The van der Waals surface area contributed by atoms with Gasteiger partial charge in [0.25, 0.3) is 0 Å². The van der Waals surface area contributed by atoms with E-state index in [1.165, 1.54) is 11.8 Å². The van der Waals surface area contributed by atoms with Gasteiger partial charge in [-0.05, 0) is 73.0 Å². The van der Waals surface area contributed by atoms with Crippen LogP contribution in [0.5, 0.6) is 0 Å². The maximum atomic E-state index is 11.6. The van der Waals surface area contributed by atoms with Crippen molar-refractivity contribution in [2.75, 3.05) is 5.75 Å². The zero-order valence-corrected chi connectivity index (χ0v) is 22.0. The fourth-order valence-corrected chi connectivity index (χ4v) is 5.98. The summed E-state index contributed by atoms with van der Waals surface area (Å²) >= 11 is 5.08. The van der Waals surface area contributed by atoms with Crippen LogP contribution in [0.2, 0.25) is 0 Å². The van der Waals surface area contributed by atoms with Gasteiger partial charge in [0.15, 0.2) is 0 Å². The van der Waals surface area contributed by atoms with Gasteiger partial charge in [0.2, 0.25) is 15.9 Å². The predicted molar refractivity (Wildman–Crippen MR) is 134 cm³/mol. The summed E-state index contributed by atoms with van der Waals surface area (Å²) in [4.78, 5) is 12.8. The molecule has 1 fully saturated rings. The number of rotatable bonds is 13. The van der Waals surface area contributed by atoms with E-state index in [-0.39, 0.29) is 24.0 Å². The van der Waals surface area contributed by atoms with Crippen molar-refractivity contribution >= 4 is 43.2 Å². The van der Waals surface area contributed by atoms with Gasteiger partial charge in [-0.15, -0.1) is 11.3 Å². The van der Waals surface area contributed by atoms with Crippen LogP contribution in [0.1, 0.15) is 50.3 Å². The summed E-state index contributed by atoms with van der Waals surface area (Å²) in [7, 11) is -3.52. The van der Waals surface area contributed by atoms with Crippen molar-refractivity contribution in [2.24, 2.45) is 11.8 Å². The fraction of sp³-hybridized carbons (Fsp3) is 0.609. The summed E-state index contributed by atoms with van der Waals surface area (Å²) in [6.45, 7) is 1.47. The number of aliphatic hydroxyl groups excluding tert-OH is 3. The summed E-state index contributed by atoms with van der Waals surface area (Å²) in [5.74, 6) is -1.02. The molecule has 1 saturated carbocycles. The zero-order chi connectivity index (χ0) is 24.4. The van der Waals surface area contributed by atoms with Crippen molar-refractivity contribution in [1.29, 1.82) is 0 Å². The standard InChI is InChI=1S/C23H34BrNO6S2/c1-2-33(30,31)25-23(29)8-6-4-3-5-7-18-19(21(28)15-20(18)27)13-10-16(26)9-11-17-12-14-22(24)32-17/h3,5,10,12-14,16,18-21,26-28H,2,4,6-9,11,15H2,1H3,(H,25,29)/t16-,18+,19+,20-,21+/m0/s1. The van der Waals surface area contributed by atoms with E-state index < -0.39 is 34.2 Å². The van der Waals surface area contributed by atoms with Crippen molar-refractivity contribution < 1.29 is 28.5 Å². The molecule has 10 heteroatoms. The number of hydrogen-bond acceptors (Lipinski definition) is 7. The fourth-order valence-electron chi connectivity index (χ4n) is 3.88. The molecule has 0 saturated heterocycles. The summed E-state index contributed by atoms with van der Waals surface area (Å²) in [6.07, 6.45) is 8.99. The Bertz CT molecular complexity index is 914. The van der Waals surface area contributed by atoms with Crippen molar-refractivity contribution in [3.8, 4) is 0 Å². The SMILES string of the molecule is CCS(=O)(=O)NC(=O)CCCC=CC[C@@H]1[C@@H](C=C[C@@H](O)CCc2ccc(Br)s2)[C@H](O)C[C@@H]1O. The molecule has 186 valence electrons. The maximum Gasteiger partial charge on any atom is 0.234 e. The number of halogens is 1. The van der Waals surface area contributed by atoms with E-state index in [1.807, 2.05) is 35.1 Å². The van der Waals surface area contributed by atoms with Gasteiger partial charge in [-0.2, -0.15) is 0 Å². The van der Waals surface area contributed by atoms with Gasteiger partial charge < -0.3 is 15.3 Å². The lowest BCUT2D eigenvalue weighted by Crippen LogP contribution is -2.31. The van der Waals surface area contributed by atoms with Gasteiger partial charge in [-0.1, -0.05) is 24.3 Å². The number of allylic oxidation sites excluding steroid dienone is 2. The number of carbonyl (C=O) groups excluding carboxylic acids is 1. The van der Waals surface area contributed by atoms with E-state index in [9.17, 15) is 28.5 Å². The van der Waals surface area contributed by atoms with Crippen LogP contribution < -0.4 is 4.72 Å². The van der Waals surface area contributed by atoms with Gasteiger partial charge in [0, 0.05) is 23.6 Å². The zero-order valence-electron chi connectivity index (χ0n) is 18.8. The average Bonchev–Trinajstić information content (AvgIpc) is 3.28. The van der Waals surface area contributed by atoms with Crippen LogP contribution in [0.4, 0.5) is 0 Å². The topological polar surface area (TPSA) is 124 Å². The highest BCUT2D eigenvalue weighted by atomic mass is 79.9. The molecule has 0 unspecified atom stereocenters. The molecule has 1 aromatic rings. The van der Waals surface area contributed by atoms with E-state index in [0.29, 0.717) is 32.1 Å². The number of aliphatic hydroxyl groups is 3. The third-order valence-corrected chi connectivity index (χ3v) is 8.77. The first-order chi connectivity index (χ1) is 15.6. The van der Waals surface area contributed by atoms with Crippen molar-refractivity contribution in [3.05, 3.63) is 45.1 Å². The minimum Gasteiger partial charge on any atom is -0.393 e. The molecule has 33 heavy (non-hydrogen) atoms. The highest BCUT2D eigenvalue weighted by Gasteiger charge is 2.39. The molecule has 7 nitrogen and oxygen atoms in total. The van der Waals surface area contributed by atoms with Crippen LogP contribution in [0.25, 0.3) is 0 Å². The van der Waals surface area contributed by atoms with E-state index >= 15 is 0 Å². The van der Waals surface area contributed by atoms with E-state index in [4.69, 9.17) is 0 Å². The molecule has 0 bridgehead atoms. The molecule has 2 rings (SSSR count). The van der Waals surface area contributed by atoms with E-state index in [1.54, 1.807) is 17.4 Å². The Labute approximate surface area is 208 Å². The first kappa shape index (κ1) is 28.2. The van der Waals surface area contributed by atoms with Crippen LogP contribution in [0.15, 0.2) is 40.2 Å². The summed E-state index contributed by atoms with van der Waals surface area (Å²) in [6, 6.07) is 4.02. The minimum absolute atomic E-state index is 0.125. The largest absolute Gasteiger partial charge is 0.393 e. The van der Waals surface area contributed by atoms with Gasteiger partial charge >= 0.3 is 0 Å². The minimum atomic E-state index is -3.52. The van der Waals surface area contributed by atoms with Crippen molar-refractivity contribution in [1.82, 2.24) is 4.72 Å². The Morgan fingerprint density at radius 1 is 1.30 bits per heavy atom. The molecule has 5 atom stereocenters. The molecule has 1 aromatic heterocycles. The van der Waals surface area contributed by atoms with E-state index in [0.717, 1.165) is 10.2 Å². The lowest BCUT2D eigenvalue weighted by atomic mass is 9.89. The van der Waals surface area contributed by atoms with Gasteiger partial charge in [-0.25, -0.2) is 8.42 Å². The molecule has 1 aliphatic rings. The summed E-state index contributed by atoms with van der Waals surface area (Å²) in [5, 5.41) is 31.0. The third kappa shape index (κ3) is 10.00. The van der Waals surface area contributed by atoms with Crippen LogP contribution in [0, 0.1) is 11.8 Å². The summed E-state index contributed by atoms with van der Waals surface area (Å²) < 4.78 is 25.8. The Hall–Kier alpha value is -1.04. The monoisotopic (exact) mass is 563 g/mol. The third-order valence-electron chi connectivity index (χ3n) is 5.79. The molecule has 1 heterocycles. The van der Waals surface area contributed by atoms with Gasteiger partial charge in [-0.3, -0.25) is 9.52 Å². The molecular weight excluding hydrogens is 530 g/mol. The number of aryl methyl sites for hydroxylation is 1. The highest BCUT2D eigenvalue weighted by Crippen LogP contribution is 2.36. The molecule has 0 aliphatic heterocycles. The second-order valence-corrected chi connectivity index (χ2v) is 12.9. The highest BCUT2D eigenvalue weighted by molar-refractivity contribution is 9.11. The average molecular weight is 565 g/mol. The quantitative estimate of drug-likeness (QED) is 0.215. The van der Waals surface area contributed by atoms with Crippen LogP contribution in [0.3, 0.4) is 0 Å². The van der Waals surface area contributed by atoms with Crippen LogP contribution >= 0.6 is 27.3 Å². The Balaban J connectivity index is 1.76. The molecular formula is C23H34BrNO6S2. The van der Waals surface area contributed by atoms with Crippen molar-refractivity contribution in [2.45, 2.75) is 70.2 Å². The lowest BCUT2D eigenvalue weighted by molar-refractivity contribution is -0.119. The van der Waals surface area contributed by atoms with Gasteiger partial charge in [0.1, 0.15) is 0 Å². The number of sulfonamides is 1. The van der Waals surface area contributed by atoms with E-state index in [2.05, 4.69) is 15.9 Å². The second kappa shape index (κ2) is 13.7. The number of carbonyl (C=O) groups is 1. The predicted octanol–water partition coefficient (Wildman–Crippen LogP) is 3.30. The second-order valence-electron chi connectivity index (χ2n) is 8.34. The number of unbranched alkanes of at least 4 members (excludes halogenated alkanes) is 1. The maximum absolute atomic E-state index is 11.6. The van der Waals surface area contributed by atoms with Gasteiger partial charge in [0.05, 0.1) is 27.9 Å². The first-order valence-electron chi connectivity index (χ1n) is 11.3. The molecule has 0 radical (unpaired) electrons. The summed E-state index contributed by atoms with van der Waals surface area (Å²) in [5.41, 5.74) is 0. The number of thiophene rings is 1. The number of nitrogens with one attached hydrogen (secondary N) is 1. The number of amides is 1. The molecule has 0 spiro atoms. The van der Waals surface area contributed by atoms with Crippen LogP contribution in [-0.4, -0.2) is 53.7 Å². The Kier molecular flexibility index (Phi) is 11.7. The Morgan fingerprint density at radius 3 is 2.73 bits per heavy atom. The van der Waals surface area contributed by atoms with Crippen LogP contribution in [-0.2, 0) is 21.2 Å². The molecule has 1 aliphatic carbocycles. The Morgan fingerprint density at radius 2 is 2.06 bits per heavy atom. The molecule has 1 amide bonds. The normalized spacial score (nSPS) is 24.6. The van der Waals surface area contributed by atoms with Crippen molar-refractivity contribution in [3.63, 3.8) is 0 Å². The molecule has 4 N–H and O–H groups in total. The smallest absolute Gasteiger partial charge is 0.234 e. The number of hydrogen-bond donors (Lipinski definition) is 4. The first-order valence-corrected chi connectivity index (χ1v) is 14.5. The molecule has 0 aromatic carbocycles.